The van der Waals surface area contributed by atoms with Gasteiger partial charge in [0, 0.05) is 32.8 Å². The van der Waals surface area contributed by atoms with E-state index in [0.29, 0.717) is 22.3 Å². The molecule has 3 aromatic rings. The lowest BCUT2D eigenvalue weighted by Crippen LogP contribution is -2.29. The molecule has 0 atom stereocenters. The molecule has 1 heterocycles. The molecule has 1 aromatic heterocycles. The van der Waals surface area contributed by atoms with Crippen LogP contribution in [-0.4, -0.2) is 24.0 Å². The number of benzene rings is 2. The summed E-state index contributed by atoms with van der Waals surface area (Å²) in [6, 6.07) is 13.1. The van der Waals surface area contributed by atoms with E-state index in [-0.39, 0.29) is 12.5 Å². The highest BCUT2D eigenvalue weighted by Crippen LogP contribution is 2.22. The topological polar surface area (TPSA) is 56.9 Å². The van der Waals surface area contributed by atoms with Gasteiger partial charge >= 0.3 is 0 Å². The highest BCUT2D eigenvalue weighted by atomic mass is 35.5. The number of carbonyl (C=O) groups excluding carboxylic acids is 1. The zero-order valence-electron chi connectivity index (χ0n) is 12.9. The maximum absolute atomic E-state index is 11.9. The van der Waals surface area contributed by atoms with Crippen LogP contribution in [0.25, 0.3) is 10.9 Å². The maximum Gasteiger partial charge on any atom is 0.238 e. The summed E-state index contributed by atoms with van der Waals surface area (Å²) in [6.07, 6.45) is 2.86. The number of hydrogen-bond acceptors (Lipinski definition) is 2. The standard InChI is InChI=1S/C18H17Cl2N3O/c19-13-7-14(20)9-15(8-13)23-18(24)11-21-6-5-12-10-22-17-4-2-1-3-16(12)17/h1-4,7-10,21-22H,5-6,11H2,(H,23,24). The number of aromatic amines is 1. The molecule has 0 radical (unpaired) electrons. The van der Waals surface area contributed by atoms with Gasteiger partial charge in [-0.2, -0.15) is 0 Å². The van der Waals surface area contributed by atoms with Gasteiger partial charge in [0.2, 0.25) is 5.91 Å². The number of aromatic nitrogens is 1. The molecule has 2 aromatic carbocycles. The minimum Gasteiger partial charge on any atom is -0.361 e. The molecular weight excluding hydrogens is 345 g/mol. The van der Waals surface area contributed by atoms with Crippen LogP contribution in [0.2, 0.25) is 10.0 Å². The number of hydrogen-bond donors (Lipinski definition) is 3. The number of para-hydroxylation sites is 1. The molecule has 0 spiro atoms. The van der Waals surface area contributed by atoms with E-state index < -0.39 is 0 Å². The molecule has 0 saturated heterocycles. The summed E-state index contributed by atoms with van der Waals surface area (Å²) in [4.78, 5) is 15.2. The number of anilines is 1. The van der Waals surface area contributed by atoms with E-state index in [2.05, 4.69) is 27.8 Å². The third-order valence-electron chi connectivity index (χ3n) is 3.68. The van der Waals surface area contributed by atoms with Crippen LogP contribution in [0.1, 0.15) is 5.56 Å². The Kier molecular flexibility index (Phi) is 5.41. The SMILES string of the molecule is O=C(CNCCc1c[nH]c2ccccc12)Nc1cc(Cl)cc(Cl)c1. The van der Waals surface area contributed by atoms with Crippen molar-refractivity contribution in [3.05, 3.63) is 64.3 Å². The first-order valence-corrected chi connectivity index (χ1v) is 8.39. The van der Waals surface area contributed by atoms with E-state index in [9.17, 15) is 4.79 Å². The van der Waals surface area contributed by atoms with Crippen LogP contribution in [0.4, 0.5) is 5.69 Å². The van der Waals surface area contributed by atoms with Crippen LogP contribution in [0.3, 0.4) is 0 Å². The van der Waals surface area contributed by atoms with Crippen molar-refractivity contribution in [1.82, 2.24) is 10.3 Å². The van der Waals surface area contributed by atoms with Crippen LogP contribution >= 0.6 is 23.2 Å². The van der Waals surface area contributed by atoms with Crippen molar-refractivity contribution in [3.63, 3.8) is 0 Å². The summed E-state index contributed by atoms with van der Waals surface area (Å²) in [5.74, 6) is -0.132. The van der Waals surface area contributed by atoms with Gasteiger partial charge in [0.25, 0.3) is 0 Å². The summed E-state index contributed by atoms with van der Waals surface area (Å²) in [6.45, 7) is 0.943. The van der Waals surface area contributed by atoms with E-state index in [1.165, 1.54) is 10.9 Å². The average Bonchev–Trinajstić information content (AvgIpc) is 2.94. The molecule has 0 aliphatic carbocycles. The van der Waals surface area contributed by atoms with Crippen molar-refractivity contribution in [1.29, 1.82) is 0 Å². The Morgan fingerprint density at radius 1 is 1.08 bits per heavy atom. The number of fused-ring (bicyclic) bond motifs is 1. The molecule has 124 valence electrons. The molecule has 3 rings (SSSR count). The number of amides is 1. The maximum atomic E-state index is 11.9. The Morgan fingerprint density at radius 2 is 1.83 bits per heavy atom. The van der Waals surface area contributed by atoms with Gasteiger partial charge in [-0.05, 0) is 42.8 Å². The Labute approximate surface area is 150 Å². The highest BCUT2D eigenvalue weighted by Gasteiger charge is 2.05. The van der Waals surface area contributed by atoms with Gasteiger partial charge in [-0.25, -0.2) is 0 Å². The Bertz CT molecular complexity index is 840. The quantitative estimate of drug-likeness (QED) is 0.575. The number of rotatable bonds is 6. The molecule has 3 N–H and O–H groups in total. The van der Waals surface area contributed by atoms with E-state index in [4.69, 9.17) is 23.2 Å². The van der Waals surface area contributed by atoms with Crippen molar-refractivity contribution in [2.24, 2.45) is 0 Å². The second-order valence-corrected chi connectivity index (χ2v) is 6.37. The number of halogens is 2. The lowest BCUT2D eigenvalue weighted by molar-refractivity contribution is -0.115. The first-order chi connectivity index (χ1) is 11.6. The van der Waals surface area contributed by atoms with Gasteiger partial charge in [0.05, 0.1) is 6.54 Å². The minimum absolute atomic E-state index is 0.132. The Morgan fingerprint density at radius 3 is 2.62 bits per heavy atom. The van der Waals surface area contributed by atoms with Gasteiger partial charge in [0.15, 0.2) is 0 Å². The molecule has 24 heavy (non-hydrogen) atoms. The molecule has 0 aliphatic rings. The molecule has 0 bridgehead atoms. The number of H-pyrrole nitrogens is 1. The molecule has 0 saturated carbocycles. The fourth-order valence-corrected chi connectivity index (χ4v) is 3.12. The number of nitrogens with one attached hydrogen (secondary N) is 3. The third-order valence-corrected chi connectivity index (χ3v) is 4.11. The normalized spacial score (nSPS) is 10.9. The lowest BCUT2D eigenvalue weighted by Gasteiger charge is -2.07. The van der Waals surface area contributed by atoms with Gasteiger partial charge in [-0.3, -0.25) is 4.79 Å². The van der Waals surface area contributed by atoms with E-state index >= 15 is 0 Å². The number of carbonyl (C=O) groups is 1. The van der Waals surface area contributed by atoms with E-state index in [1.54, 1.807) is 18.2 Å². The zero-order valence-corrected chi connectivity index (χ0v) is 14.4. The van der Waals surface area contributed by atoms with Crippen LogP contribution in [-0.2, 0) is 11.2 Å². The van der Waals surface area contributed by atoms with Crippen LogP contribution in [0, 0.1) is 0 Å². The smallest absolute Gasteiger partial charge is 0.238 e. The first kappa shape index (κ1) is 16.8. The second kappa shape index (κ2) is 7.71. The summed E-state index contributed by atoms with van der Waals surface area (Å²) in [5.41, 5.74) is 2.96. The van der Waals surface area contributed by atoms with Gasteiger partial charge in [-0.1, -0.05) is 41.4 Å². The monoisotopic (exact) mass is 361 g/mol. The summed E-state index contributed by atoms with van der Waals surface area (Å²) in [7, 11) is 0. The predicted octanol–water partition coefficient (Wildman–Crippen LogP) is 4.25. The van der Waals surface area contributed by atoms with E-state index in [0.717, 1.165) is 11.9 Å². The Hall–Kier alpha value is -2.01. The fraction of sp³-hybridized carbons (Fsp3) is 0.167. The van der Waals surface area contributed by atoms with E-state index in [1.807, 2.05) is 18.3 Å². The summed E-state index contributed by atoms with van der Waals surface area (Å²) < 4.78 is 0. The highest BCUT2D eigenvalue weighted by molar-refractivity contribution is 6.35. The molecule has 6 heteroatoms. The molecule has 1 amide bonds. The molecule has 0 fully saturated rings. The third kappa shape index (κ3) is 4.29. The Balaban J connectivity index is 1.47. The molecule has 4 nitrogen and oxygen atoms in total. The molecular formula is C18H17Cl2N3O. The zero-order chi connectivity index (χ0) is 16.9. The first-order valence-electron chi connectivity index (χ1n) is 7.63. The second-order valence-electron chi connectivity index (χ2n) is 5.49. The fourth-order valence-electron chi connectivity index (χ4n) is 2.59. The van der Waals surface area contributed by atoms with Crippen molar-refractivity contribution in [3.8, 4) is 0 Å². The largest absolute Gasteiger partial charge is 0.361 e. The lowest BCUT2D eigenvalue weighted by atomic mass is 10.1. The molecule has 0 unspecified atom stereocenters. The van der Waals surface area contributed by atoms with Crippen molar-refractivity contribution in [2.45, 2.75) is 6.42 Å². The molecule has 0 aliphatic heterocycles. The summed E-state index contributed by atoms with van der Waals surface area (Å²) in [5, 5.41) is 8.12. The van der Waals surface area contributed by atoms with Crippen LogP contribution in [0.15, 0.2) is 48.7 Å². The van der Waals surface area contributed by atoms with Crippen molar-refractivity contribution >= 4 is 45.7 Å². The van der Waals surface area contributed by atoms with Gasteiger partial charge in [-0.15, -0.1) is 0 Å². The van der Waals surface area contributed by atoms with Crippen molar-refractivity contribution < 1.29 is 4.79 Å². The summed E-state index contributed by atoms with van der Waals surface area (Å²) >= 11 is 11.8. The van der Waals surface area contributed by atoms with Gasteiger partial charge in [0.1, 0.15) is 0 Å². The van der Waals surface area contributed by atoms with Crippen LogP contribution in [0.5, 0.6) is 0 Å². The van der Waals surface area contributed by atoms with Gasteiger partial charge < -0.3 is 15.6 Å². The minimum atomic E-state index is -0.132. The van der Waals surface area contributed by atoms with Crippen molar-refractivity contribution in [2.75, 3.05) is 18.4 Å². The predicted molar refractivity (Wildman–Crippen MR) is 100.0 cm³/mol. The van der Waals surface area contributed by atoms with Crippen LogP contribution < -0.4 is 10.6 Å². The average molecular weight is 362 g/mol.